The SMILES string of the molecule is CC1CCCC(C)N1C(=O)CON=C1C=CCCC=CCCOC(=O)c2c(O)cc(O)c(Cl)c2C1. The summed E-state index contributed by atoms with van der Waals surface area (Å²) in [7, 11) is 0. The number of nitrogens with zero attached hydrogens (tertiary/aromatic N) is 2. The van der Waals surface area contributed by atoms with Gasteiger partial charge in [-0.25, -0.2) is 4.79 Å². The van der Waals surface area contributed by atoms with Crippen molar-refractivity contribution in [2.45, 2.75) is 70.9 Å². The molecule has 1 fully saturated rings. The first kappa shape index (κ1) is 26.6. The van der Waals surface area contributed by atoms with Crippen LogP contribution in [0.2, 0.25) is 5.02 Å². The monoisotopic (exact) mass is 504 g/mol. The highest BCUT2D eigenvalue weighted by Crippen LogP contribution is 2.37. The number of amides is 1. The van der Waals surface area contributed by atoms with Crippen LogP contribution >= 0.6 is 11.6 Å². The molecule has 0 spiro atoms. The molecule has 3 rings (SSSR count). The number of carbonyl (C=O) groups excluding carboxylic acids is 2. The smallest absolute Gasteiger partial charge is 0.342 e. The third-order valence-corrected chi connectivity index (χ3v) is 6.65. The average Bonchev–Trinajstić information content (AvgIpc) is 2.80. The van der Waals surface area contributed by atoms with Crippen molar-refractivity contribution in [3.8, 4) is 11.5 Å². The predicted octanol–water partition coefficient (Wildman–Crippen LogP) is 4.91. The predicted molar refractivity (Wildman–Crippen MR) is 134 cm³/mol. The number of benzene rings is 1. The van der Waals surface area contributed by atoms with E-state index in [1.54, 1.807) is 6.08 Å². The van der Waals surface area contributed by atoms with Gasteiger partial charge >= 0.3 is 5.97 Å². The second-order valence-electron chi connectivity index (χ2n) is 8.92. The van der Waals surface area contributed by atoms with Gasteiger partial charge in [0.2, 0.25) is 0 Å². The van der Waals surface area contributed by atoms with E-state index in [9.17, 15) is 19.8 Å². The highest BCUT2D eigenvalue weighted by Gasteiger charge is 2.29. The maximum Gasteiger partial charge on any atom is 0.342 e. The summed E-state index contributed by atoms with van der Waals surface area (Å²) in [6.45, 7) is 3.99. The molecule has 190 valence electrons. The van der Waals surface area contributed by atoms with Crippen molar-refractivity contribution in [3.63, 3.8) is 0 Å². The van der Waals surface area contributed by atoms with E-state index in [4.69, 9.17) is 21.2 Å². The third-order valence-electron chi connectivity index (χ3n) is 6.23. The Morgan fingerprint density at radius 3 is 2.57 bits per heavy atom. The van der Waals surface area contributed by atoms with Crippen molar-refractivity contribution < 1.29 is 29.4 Å². The summed E-state index contributed by atoms with van der Waals surface area (Å²) in [6.07, 6.45) is 12.6. The molecule has 0 bridgehead atoms. The Bertz CT molecular complexity index is 1010. The van der Waals surface area contributed by atoms with Gasteiger partial charge in [0.25, 0.3) is 5.91 Å². The summed E-state index contributed by atoms with van der Waals surface area (Å²) in [5.74, 6) is -1.70. The van der Waals surface area contributed by atoms with Crippen molar-refractivity contribution in [2.24, 2.45) is 5.16 Å². The van der Waals surface area contributed by atoms with Crippen molar-refractivity contribution in [1.82, 2.24) is 4.90 Å². The number of cyclic esters (lactones) is 1. The van der Waals surface area contributed by atoms with Crippen LogP contribution in [0.5, 0.6) is 11.5 Å². The number of hydrogen-bond donors (Lipinski definition) is 2. The van der Waals surface area contributed by atoms with Crippen LogP contribution in [0.1, 0.15) is 68.3 Å². The summed E-state index contributed by atoms with van der Waals surface area (Å²) in [5, 5.41) is 24.6. The summed E-state index contributed by atoms with van der Waals surface area (Å²) < 4.78 is 5.29. The lowest BCUT2D eigenvalue weighted by Crippen LogP contribution is -2.48. The van der Waals surface area contributed by atoms with Crippen LogP contribution in [0.15, 0.2) is 35.5 Å². The Morgan fingerprint density at radius 1 is 1.14 bits per heavy atom. The number of oxime groups is 1. The van der Waals surface area contributed by atoms with Crippen LogP contribution in [-0.4, -0.2) is 58.0 Å². The molecule has 2 aliphatic heterocycles. The average molecular weight is 505 g/mol. The van der Waals surface area contributed by atoms with E-state index in [0.717, 1.165) is 38.2 Å². The van der Waals surface area contributed by atoms with Crippen LogP contribution in [0.3, 0.4) is 0 Å². The topological polar surface area (TPSA) is 109 Å². The summed E-state index contributed by atoms with van der Waals surface area (Å²) in [4.78, 5) is 32.8. The minimum absolute atomic E-state index is 0.0255. The van der Waals surface area contributed by atoms with Gasteiger partial charge < -0.3 is 24.7 Å². The molecule has 1 saturated heterocycles. The normalized spacial score (nSPS) is 22.9. The summed E-state index contributed by atoms with van der Waals surface area (Å²) in [5.41, 5.74) is 0.403. The van der Waals surface area contributed by atoms with Gasteiger partial charge in [-0.2, -0.15) is 0 Å². The molecule has 0 aromatic heterocycles. The second-order valence-corrected chi connectivity index (χ2v) is 9.30. The molecule has 1 aromatic rings. The number of ether oxygens (including phenoxy) is 1. The van der Waals surface area contributed by atoms with E-state index >= 15 is 0 Å². The van der Waals surface area contributed by atoms with Crippen molar-refractivity contribution in [1.29, 1.82) is 0 Å². The molecule has 35 heavy (non-hydrogen) atoms. The van der Waals surface area contributed by atoms with Gasteiger partial charge in [0.15, 0.2) is 6.61 Å². The van der Waals surface area contributed by atoms with E-state index < -0.39 is 11.7 Å². The summed E-state index contributed by atoms with van der Waals surface area (Å²) >= 11 is 6.32. The number of rotatable bonds is 3. The molecule has 0 saturated carbocycles. The molecule has 0 radical (unpaired) electrons. The first-order valence-corrected chi connectivity index (χ1v) is 12.4. The minimum Gasteiger partial charge on any atom is -0.507 e. The largest absolute Gasteiger partial charge is 0.507 e. The van der Waals surface area contributed by atoms with Gasteiger partial charge in [-0.3, -0.25) is 4.79 Å². The van der Waals surface area contributed by atoms with E-state index in [1.165, 1.54) is 0 Å². The van der Waals surface area contributed by atoms with Crippen LogP contribution in [-0.2, 0) is 20.8 Å². The highest BCUT2D eigenvalue weighted by molar-refractivity contribution is 6.33. The van der Waals surface area contributed by atoms with Crippen LogP contribution < -0.4 is 0 Å². The number of carbonyl (C=O) groups is 2. The molecular weight excluding hydrogens is 472 g/mol. The van der Waals surface area contributed by atoms with Crippen molar-refractivity contribution >= 4 is 29.2 Å². The van der Waals surface area contributed by atoms with Gasteiger partial charge in [0.05, 0.1) is 17.3 Å². The lowest BCUT2D eigenvalue weighted by atomic mass is 9.97. The highest BCUT2D eigenvalue weighted by atomic mass is 35.5. The van der Waals surface area contributed by atoms with E-state index in [0.29, 0.717) is 12.1 Å². The number of phenolic OH excluding ortho intramolecular Hbond substituents is 2. The number of hydrogen-bond acceptors (Lipinski definition) is 7. The number of likely N-dealkylation sites (tertiary alicyclic amines) is 1. The first-order valence-electron chi connectivity index (χ1n) is 12.0. The molecule has 1 amide bonds. The van der Waals surface area contributed by atoms with Gasteiger partial charge in [-0.05, 0) is 64.0 Å². The number of fused-ring (bicyclic) bond motifs is 1. The lowest BCUT2D eigenvalue weighted by Gasteiger charge is -2.38. The zero-order chi connectivity index (χ0) is 25.4. The second kappa shape index (κ2) is 12.6. The van der Waals surface area contributed by atoms with Crippen LogP contribution in [0.25, 0.3) is 0 Å². The maximum absolute atomic E-state index is 12.8. The standard InChI is InChI=1S/C26H33ClN2O6/c1-17-10-9-11-18(2)29(17)23(32)16-35-28-19-12-7-5-3-4-6-8-13-34-26(33)24-20(14-19)25(27)22(31)15-21(24)30/h4,6-7,12,15,17-18,30-31H,3,5,8-11,13-14,16H2,1-2H3. The fourth-order valence-electron chi connectivity index (χ4n) is 4.48. The number of esters is 1. The number of allylic oxidation sites excluding steroid dienone is 3. The number of halogens is 1. The fraction of sp³-hybridized carbons (Fsp3) is 0.500. The van der Waals surface area contributed by atoms with Crippen LogP contribution in [0, 0.1) is 0 Å². The van der Waals surface area contributed by atoms with E-state index in [2.05, 4.69) is 5.16 Å². The molecule has 0 aliphatic carbocycles. The molecule has 2 heterocycles. The Balaban J connectivity index is 1.87. The van der Waals surface area contributed by atoms with Gasteiger partial charge in [-0.15, -0.1) is 0 Å². The quantitative estimate of drug-likeness (QED) is 0.344. The molecule has 1 aromatic carbocycles. The number of aromatic hydroxyl groups is 2. The summed E-state index contributed by atoms with van der Waals surface area (Å²) in [6, 6.07) is 1.30. The molecule has 2 N–H and O–H groups in total. The minimum atomic E-state index is -0.752. The van der Waals surface area contributed by atoms with Crippen LogP contribution in [0.4, 0.5) is 0 Å². The number of piperidine rings is 1. The molecule has 8 nitrogen and oxygen atoms in total. The third kappa shape index (κ3) is 7.01. The Labute approximate surface area is 210 Å². The van der Waals surface area contributed by atoms with E-state index in [1.807, 2.05) is 37.0 Å². The van der Waals surface area contributed by atoms with Crippen molar-refractivity contribution in [2.75, 3.05) is 13.2 Å². The fourth-order valence-corrected chi connectivity index (χ4v) is 4.69. The van der Waals surface area contributed by atoms with E-state index in [-0.39, 0.29) is 59.5 Å². The van der Waals surface area contributed by atoms with Crippen molar-refractivity contribution in [3.05, 3.63) is 46.5 Å². The molecule has 2 aliphatic rings. The first-order chi connectivity index (χ1) is 16.8. The maximum atomic E-state index is 12.8. The molecule has 2 atom stereocenters. The Morgan fingerprint density at radius 2 is 1.83 bits per heavy atom. The Hall–Kier alpha value is -3.00. The zero-order valence-electron chi connectivity index (χ0n) is 20.2. The molecule has 9 heteroatoms. The van der Waals surface area contributed by atoms with Gasteiger partial charge in [0, 0.05) is 24.6 Å². The molecule has 2 unspecified atom stereocenters. The van der Waals surface area contributed by atoms with Gasteiger partial charge in [-0.1, -0.05) is 35.0 Å². The zero-order valence-corrected chi connectivity index (χ0v) is 21.0. The lowest BCUT2D eigenvalue weighted by molar-refractivity contribution is -0.142. The number of phenols is 2. The Kier molecular flexibility index (Phi) is 9.60. The van der Waals surface area contributed by atoms with Gasteiger partial charge in [0.1, 0.15) is 17.1 Å². The molecular formula is C26H33ClN2O6.